The highest BCUT2D eigenvalue weighted by atomic mass is 16.5. The molecule has 6 aromatic rings. The van der Waals surface area contributed by atoms with Gasteiger partial charge in [-0.2, -0.15) is 9.97 Å². The highest BCUT2D eigenvalue weighted by Gasteiger charge is 2.33. The van der Waals surface area contributed by atoms with Crippen molar-refractivity contribution in [3.8, 4) is 0 Å². The Morgan fingerprint density at radius 1 is 0.577 bits per heavy atom. The molecule has 2 aliphatic heterocycles. The first-order valence-electron chi connectivity index (χ1n) is 17.8. The third kappa shape index (κ3) is 7.18. The molecule has 0 N–H and O–H groups in total. The Balaban J connectivity index is 0.899. The van der Waals surface area contributed by atoms with Gasteiger partial charge < -0.3 is 18.8 Å². The van der Waals surface area contributed by atoms with Gasteiger partial charge in [-0.3, -0.25) is 9.59 Å². The molecule has 0 unspecified atom stereocenters. The second-order valence-corrected chi connectivity index (χ2v) is 13.2. The molecule has 4 aromatic carbocycles. The van der Waals surface area contributed by atoms with Crippen LogP contribution in [-0.4, -0.2) is 55.0 Å². The van der Waals surface area contributed by atoms with Crippen LogP contribution in [0.15, 0.2) is 130 Å². The normalized spacial score (nSPS) is 16.7. The van der Waals surface area contributed by atoms with E-state index in [-0.39, 0.29) is 11.8 Å². The van der Waals surface area contributed by atoms with Crippen molar-refractivity contribution in [2.75, 3.05) is 13.1 Å². The van der Waals surface area contributed by atoms with E-state index >= 15 is 0 Å². The molecule has 2 aromatic heterocycles. The van der Waals surface area contributed by atoms with Gasteiger partial charge in [-0.05, 0) is 71.8 Å². The van der Waals surface area contributed by atoms with E-state index in [9.17, 15) is 9.59 Å². The quantitative estimate of drug-likeness (QED) is 0.122. The van der Waals surface area contributed by atoms with E-state index in [2.05, 4.69) is 44.5 Å². The van der Waals surface area contributed by atoms with Crippen molar-refractivity contribution in [1.82, 2.24) is 30.1 Å². The van der Waals surface area contributed by atoms with Gasteiger partial charge in [0, 0.05) is 37.1 Å². The fraction of sp³-hybridized carbons (Fsp3) is 0.238. The number of hydrogen-bond acceptors (Lipinski definition) is 8. The molecule has 2 atom stereocenters. The first-order valence-corrected chi connectivity index (χ1v) is 17.8. The maximum Gasteiger partial charge on any atom is 0.255 e. The standard InChI is InChI=1S/C42H38N6O4/c49-41(47-25-9-17-35(47)39-43-37(45-51-39)19-7-15-29-11-3-1-4-12-29)33-23-21-32-28-34(24-22-31(32)27-33)42(50)48-26-10-18-36(48)40-44-38(46-52-40)20-8-16-30-13-5-2-6-14-30/h1-6,9-14,17-18,21-24,27-28,35-36H,7-8,15-16,19-20,25-26H2/t35-,36-/m0/s1. The van der Waals surface area contributed by atoms with Crippen molar-refractivity contribution in [2.24, 2.45) is 0 Å². The van der Waals surface area contributed by atoms with Crippen molar-refractivity contribution in [3.05, 3.63) is 167 Å². The highest BCUT2D eigenvalue weighted by Crippen LogP contribution is 2.31. The zero-order valence-electron chi connectivity index (χ0n) is 28.7. The number of rotatable bonds is 12. The van der Waals surface area contributed by atoms with E-state index in [0.717, 1.165) is 36.5 Å². The second kappa shape index (κ2) is 15.0. The lowest BCUT2D eigenvalue weighted by Gasteiger charge is -2.23. The van der Waals surface area contributed by atoms with Gasteiger partial charge in [-0.25, -0.2) is 0 Å². The van der Waals surface area contributed by atoms with Crippen molar-refractivity contribution >= 4 is 22.6 Å². The summed E-state index contributed by atoms with van der Waals surface area (Å²) < 4.78 is 11.2. The number of fused-ring (bicyclic) bond motifs is 1. The molecular formula is C42H38N6O4. The number of benzene rings is 4. The van der Waals surface area contributed by atoms with Crippen LogP contribution < -0.4 is 0 Å². The molecule has 0 bridgehead atoms. The SMILES string of the molecule is O=C(c1ccc2cc(C(=O)N3CC=C[C@H]3c3nc(CCCc4ccccc4)no3)ccc2c1)N1CC=C[C@H]1c1nc(CCCc2ccccc2)no1. The molecule has 8 rings (SSSR count). The Bertz CT molecular complexity index is 2080. The third-order valence-electron chi connectivity index (χ3n) is 9.66. The minimum absolute atomic E-state index is 0.133. The maximum atomic E-state index is 13.8. The second-order valence-electron chi connectivity index (χ2n) is 13.2. The van der Waals surface area contributed by atoms with Gasteiger partial charge in [0.05, 0.1) is 0 Å². The molecule has 0 saturated carbocycles. The summed E-state index contributed by atoms with van der Waals surface area (Å²) >= 11 is 0. The Morgan fingerprint density at radius 3 is 1.46 bits per heavy atom. The zero-order chi connectivity index (χ0) is 35.3. The van der Waals surface area contributed by atoms with Crippen molar-refractivity contribution in [2.45, 2.75) is 50.6 Å². The fourth-order valence-electron chi connectivity index (χ4n) is 6.90. The number of carbonyl (C=O) groups is 2. The summed E-state index contributed by atoms with van der Waals surface area (Å²) in [5.74, 6) is 1.84. The summed E-state index contributed by atoms with van der Waals surface area (Å²) in [4.78, 5) is 40.2. The topological polar surface area (TPSA) is 118 Å². The molecule has 260 valence electrons. The predicted molar refractivity (Wildman–Crippen MR) is 195 cm³/mol. The van der Waals surface area contributed by atoms with E-state index in [1.165, 1.54) is 11.1 Å². The number of aromatic nitrogens is 4. The van der Waals surface area contributed by atoms with Crippen molar-refractivity contribution in [1.29, 1.82) is 0 Å². The maximum absolute atomic E-state index is 13.8. The smallest absolute Gasteiger partial charge is 0.255 e. The van der Waals surface area contributed by atoms with Crippen LogP contribution in [0.5, 0.6) is 0 Å². The molecule has 10 heteroatoms. The molecule has 0 radical (unpaired) electrons. The van der Waals surface area contributed by atoms with Gasteiger partial charge >= 0.3 is 0 Å². The molecule has 0 aliphatic carbocycles. The summed E-state index contributed by atoms with van der Waals surface area (Å²) in [6.07, 6.45) is 12.8. The lowest BCUT2D eigenvalue weighted by molar-refractivity contribution is 0.0720. The number of hydrogen-bond donors (Lipinski definition) is 0. The Morgan fingerprint density at radius 2 is 1.02 bits per heavy atom. The van der Waals surface area contributed by atoms with Crippen LogP contribution in [0.3, 0.4) is 0 Å². The number of carbonyl (C=O) groups excluding carboxylic acids is 2. The lowest BCUT2D eigenvalue weighted by atomic mass is 10.0. The summed E-state index contributed by atoms with van der Waals surface area (Å²) in [7, 11) is 0. The Labute approximate surface area is 301 Å². The molecule has 52 heavy (non-hydrogen) atoms. The summed E-state index contributed by atoms with van der Waals surface area (Å²) in [6.45, 7) is 0.891. The fourth-order valence-corrected chi connectivity index (χ4v) is 6.90. The molecule has 10 nitrogen and oxygen atoms in total. The van der Waals surface area contributed by atoms with Crippen molar-refractivity contribution < 1.29 is 18.6 Å². The van der Waals surface area contributed by atoms with E-state index < -0.39 is 12.1 Å². The first kappa shape index (κ1) is 33.0. The average Bonchev–Trinajstić information content (AvgIpc) is 4.02. The molecule has 2 amide bonds. The van der Waals surface area contributed by atoms with Crippen LogP contribution in [0.2, 0.25) is 0 Å². The van der Waals surface area contributed by atoms with Crippen LogP contribution in [0.4, 0.5) is 0 Å². The predicted octanol–water partition coefficient (Wildman–Crippen LogP) is 7.46. The van der Waals surface area contributed by atoms with Gasteiger partial charge in [-0.15, -0.1) is 0 Å². The van der Waals surface area contributed by atoms with Crippen LogP contribution in [0.1, 0.15) is 80.2 Å². The minimum atomic E-state index is -0.426. The number of nitrogens with zero attached hydrogens (tertiary/aromatic N) is 6. The summed E-state index contributed by atoms with van der Waals surface area (Å²) in [5.41, 5.74) is 3.64. The molecule has 0 spiro atoms. The number of aryl methyl sites for hydroxylation is 4. The molecule has 2 aliphatic rings. The first-order chi connectivity index (χ1) is 25.6. The minimum Gasteiger partial charge on any atom is -0.337 e. The van der Waals surface area contributed by atoms with Gasteiger partial charge in [0.1, 0.15) is 12.1 Å². The zero-order valence-corrected chi connectivity index (χ0v) is 28.7. The van der Waals surface area contributed by atoms with Crippen LogP contribution in [0, 0.1) is 0 Å². The Kier molecular flexibility index (Phi) is 9.51. The van der Waals surface area contributed by atoms with E-state index in [1.807, 2.05) is 85.0 Å². The Hall–Kier alpha value is -6.16. The van der Waals surface area contributed by atoms with Gasteiger partial charge in [0.2, 0.25) is 0 Å². The summed E-state index contributed by atoms with van der Waals surface area (Å²) in [6, 6.07) is 30.9. The molecule has 4 heterocycles. The van der Waals surface area contributed by atoms with E-state index in [0.29, 0.717) is 60.5 Å². The van der Waals surface area contributed by atoms with E-state index in [1.54, 1.807) is 21.9 Å². The monoisotopic (exact) mass is 690 g/mol. The van der Waals surface area contributed by atoms with Crippen LogP contribution >= 0.6 is 0 Å². The van der Waals surface area contributed by atoms with Crippen molar-refractivity contribution in [3.63, 3.8) is 0 Å². The van der Waals surface area contributed by atoms with Crippen LogP contribution in [-0.2, 0) is 25.7 Å². The average molecular weight is 691 g/mol. The van der Waals surface area contributed by atoms with E-state index in [4.69, 9.17) is 9.05 Å². The lowest BCUT2D eigenvalue weighted by Crippen LogP contribution is -2.31. The van der Waals surface area contributed by atoms with Gasteiger partial charge in [-0.1, -0.05) is 107 Å². The molecule has 0 saturated heterocycles. The summed E-state index contributed by atoms with van der Waals surface area (Å²) in [5, 5.41) is 10.1. The van der Waals surface area contributed by atoms with Crippen LogP contribution in [0.25, 0.3) is 10.8 Å². The van der Waals surface area contributed by atoms with Gasteiger partial charge in [0.15, 0.2) is 11.6 Å². The molecule has 0 fully saturated rings. The highest BCUT2D eigenvalue weighted by molar-refractivity contribution is 6.02. The largest absolute Gasteiger partial charge is 0.337 e. The van der Waals surface area contributed by atoms with Gasteiger partial charge in [0.25, 0.3) is 23.6 Å². The molecular weight excluding hydrogens is 652 g/mol. The third-order valence-corrected chi connectivity index (χ3v) is 9.66. The number of amides is 2.